The smallest absolute Gasteiger partial charge is 0.276 e. The quantitative estimate of drug-likeness (QED) is 0.292. The first-order chi connectivity index (χ1) is 17.6. The van der Waals surface area contributed by atoms with Gasteiger partial charge >= 0.3 is 0 Å². The zero-order valence-corrected chi connectivity index (χ0v) is 22.1. The number of hydrogen-bond acceptors (Lipinski definition) is 7. The second kappa shape index (κ2) is 9.20. The molecule has 0 unspecified atom stereocenters. The summed E-state index contributed by atoms with van der Waals surface area (Å²) in [6.07, 6.45) is 4.60. The monoisotopic (exact) mass is 538 g/mol. The van der Waals surface area contributed by atoms with Crippen molar-refractivity contribution in [3.05, 3.63) is 81.9 Å². The highest BCUT2D eigenvalue weighted by Gasteiger charge is 2.21. The molecule has 0 spiro atoms. The Bertz CT molecular complexity index is 1820. The van der Waals surface area contributed by atoms with Crippen molar-refractivity contribution >= 4 is 27.0 Å². The standard InChI is InChI=1S/C26H23ClN4O5S/c1-5-37(33,34)18-7-9-24(20(11-18)23-13-30(4)26(32)22-12-28-14-31(22)23)35-17-6-8-21(27)19(10-17)25-15(2)29-36-16(25)3/h6-14H,5H2,1-4H3. The maximum Gasteiger partial charge on any atom is 0.276 e. The van der Waals surface area contributed by atoms with Crippen molar-refractivity contribution < 1.29 is 17.7 Å². The van der Waals surface area contributed by atoms with Gasteiger partial charge in [-0.2, -0.15) is 0 Å². The Morgan fingerprint density at radius 1 is 1.11 bits per heavy atom. The summed E-state index contributed by atoms with van der Waals surface area (Å²) in [5.74, 6) is 1.42. The van der Waals surface area contributed by atoms with Crippen molar-refractivity contribution in [2.24, 2.45) is 7.05 Å². The minimum atomic E-state index is -3.51. The molecule has 0 bridgehead atoms. The van der Waals surface area contributed by atoms with Crippen LogP contribution in [0, 0.1) is 13.8 Å². The topological polar surface area (TPSA) is 109 Å². The average molecular weight is 539 g/mol. The van der Waals surface area contributed by atoms with E-state index in [0.29, 0.717) is 50.3 Å². The Morgan fingerprint density at radius 3 is 2.59 bits per heavy atom. The summed E-state index contributed by atoms with van der Waals surface area (Å²) >= 11 is 6.50. The van der Waals surface area contributed by atoms with E-state index in [2.05, 4.69) is 10.1 Å². The van der Waals surface area contributed by atoms with Crippen LogP contribution in [0.2, 0.25) is 5.02 Å². The van der Waals surface area contributed by atoms with Gasteiger partial charge in [-0.3, -0.25) is 9.20 Å². The van der Waals surface area contributed by atoms with Crippen molar-refractivity contribution in [3.63, 3.8) is 0 Å². The van der Waals surface area contributed by atoms with Gasteiger partial charge in [0, 0.05) is 35.0 Å². The molecular weight excluding hydrogens is 516 g/mol. The lowest BCUT2D eigenvalue weighted by Crippen LogP contribution is -2.19. The fourth-order valence-corrected chi connectivity index (χ4v) is 5.36. The predicted molar refractivity (Wildman–Crippen MR) is 140 cm³/mol. The molecule has 190 valence electrons. The SMILES string of the molecule is CCS(=O)(=O)c1ccc(Oc2ccc(Cl)c(-c3c(C)noc3C)c2)c(-c2cn(C)c(=O)c3cncn23)c1. The van der Waals surface area contributed by atoms with E-state index < -0.39 is 9.84 Å². The molecule has 0 radical (unpaired) electrons. The number of ether oxygens (including phenoxy) is 1. The summed E-state index contributed by atoms with van der Waals surface area (Å²) in [7, 11) is -1.89. The second-order valence-corrected chi connectivity index (χ2v) is 11.3. The van der Waals surface area contributed by atoms with Crippen LogP contribution >= 0.6 is 11.6 Å². The number of nitrogens with zero attached hydrogens (tertiary/aromatic N) is 4. The number of hydrogen-bond donors (Lipinski definition) is 0. The van der Waals surface area contributed by atoms with Crippen molar-refractivity contribution in [1.29, 1.82) is 0 Å². The summed E-state index contributed by atoms with van der Waals surface area (Å²) in [6.45, 7) is 5.22. The lowest BCUT2D eigenvalue weighted by Gasteiger charge is -2.16. The molecule has 5 rings (SSSR count). The third-order valence-electron chi connectivity index (χ3n) is 6.19. The van der Waals surface area contributed by atoms with Gasteiger partial charge in [-0.25, -0.2) is 13.4 Å². The molecule has 0 N–H and O–H groups in total. The predicted octanol–water partition coefficient (Wildman–Crippen LogP) is 5.21. The third kappa shape index (κ3) is 4.32. The van der Waals surface area contributed by atoms with Crippen molar-refractivity contribution in [2.45, 2.75) is 25.7 Å². The van der Waals surface area contributed by atoms with Gasteiger partial charge in [-0.15, -0.1) is 0 Å². The number of fused-ring (bicyclic) bond motifs is 1. The number of benzene rings is 2. The molecule has 11 heteroatoms. The first-order valence-electron chi connectivity index (χ1n) is 11.4. The lowest BCUT2D eigenvalue weighted by atomic mass is 10.0. The molecule has 0 atom stereocenters. The summed E-state index contributed by atoms with van der Waals surface area (Å²) in [4.78, 5) is 16.9. The minimum absolute atomic E-state index is 0.0572. The van der Waals surface area contributed by atoms with Crippen LogP contribution in [-0.2, 0) is 16.9 Å². The molecule has 0 amide bonds. The Hall–Kier alpha value is -3.89. The van der Waals surface area contributed by atoms with Gasteiger partial charge in [0.15, 0.2) is 9.84 Å². The van der Waals surface area contributed by atoms with E-state index in [1.807, 2.05) is 6.92 Å². The molecule has 37 heavy (non-hydrogen) atoms. The van der Waals surface area contributed by atoms with Gasteiger partial charge in [0.2, 0.25) is 0 Å². The van der Waals surface area contributed by atoms with E-state index >= 15 is 0 Å². The van der Waals surface area contributed by atoms with Gasteiger partial charge in [-0.1, -0.05) is 23.7 Å². The van der Waals surface area contributed by atoms with Crippen molar-refractivity contribution in [1.82, 2.24) is 19.1 Å². The normalized spacial score (nSPS) is 11.8. The van der Waals surface area contributed by atoms with E-state index in [4.69, 9.17) is 20.9 Å². The van der Waals surface area contributed by atoms with Gasteiger partial charge < -0.3 is 13.8 Å². The van der Waals surface area contributed by atoms with Gasteiger partial charge in [0.25, 0.3) is 5.56 Å². The Balaban J connectivity index is 1.70. The first kappa shape index (κ1) is 24.8. The lowest BCUT2D eigenvalue weighted by molar-refractivity contribution is 0.393. The van der Waals surface area contributed by atoms with E-state index in [9.17, 15) is 13.2 Å². The number of aromatic nitrogens is 4. The summed E-state index contributed by atoms with van der Waals surface area (Å²) in [6, 6.07) is 9.89. The molecule has 2 aromatic carbocycles. The molecule has 0 aliphatic carbocycles. The van der Waals surface area contributed by atoms with E-state index in [1.165, 1.54) is 23.2 Å². The highest BCUT2D eigenvalue weighted by atomic mass is 35.5. The average Bonchev–Trinajstić information content (AvgIpc) is 3.50. The van der Waals surface area contributed by atoms with Crippen LogP contribution in [0.25, 0.3) is 27.9 Å². The fraction of sp³-hybridized carbons (Fsp3) is 0.192. The second-order valence-electron chi connectivity index (χ2n) is 8.58. The molecule has 9 nitrogen and oxygen atoms in total. The Labute approximate surface area is 217 Å². The fourth-order valence-electron chi connectivity index (χ4n) is 4.24. The van der Waals surface area contributed by atoms with Crippen molar-refractivity contribution in [3.8, 4) is 33.9 Å². The molecule has 5 aromatic rings. The van der Waals surface area contributed by atoms with E-state index in [1.54, 1.807) is 61.8 Å². The summed E-state index contributed by atoms with van der Waals surface area (Å²) in [5.41, 5.74) is 3.29. The maximum absolute atomic E-state index is 12.7. The molecule has 0 saturated heterocycles. The molecule has 0 aliphatic rings. The molecule has 3 heterocycles. The largest absolute Gasteiger partial charge is 0.457 e. The van der Waals surface area contributed by atoms with Gasteiger partial charge in [0.1, 0.15) is 22.8 Å². The number of sulfone groups is 1. The maximum atomic E-state index is 12.7. The van der Waals surface area contributed by atoms with Crippen LogP contribution in [0.3, 0.4) is 0 Å². The van der Waals surface area contributed by atoms with E-state index in [0.717, 1.165) is 5.56 Å². The van der Waals surface area contributed by atoms with Gasteiger partial charge in [-0.05, 0) is 50.2 Å². The van der Waals surface area contributed by atoms with Crippen molar-refractivity contribution in [2.75, 3.05) is 5.75 Å². The minimum Gasteiger partial charge on any atom is -0.457 e. The van der Waals surface area contributed by atoms with Crippen LogP contribution in [-0.4, -0.2) is 33.3 Å². The third-order valence-corrected chi connectivity index (χ3v) is 8.25. The highest BCUT2D eigenvalue weighted by molar-refractivity contribution is 7.91. The Kier molecular flexibility index (Phi) is 6.17. The Morgan fingerprint density at radius 2 is 1.89 bits per heavy atom. The summed E-state index contributed by atoms with van der Waals surface area (Å²) in [5, 5.41) is 4.52. The number of halogens is 1. The number of aryl methyl sites for hydroxylation is 3. The van der Waals surface area contributed by atoms with Crippen LogP contribution in [0.4, 0.5) is 0 Å². The molecule has 0 saturated carbocycles. The molecule has 0 fully saturated rings. The number of rotatable bonds is 6. The zero-order chi connectivity index (χ0) is 26.5. The highest BCUT2D eigenvalue weighted by Crippen LogP contribution is 2.39. The first-order valence-corrected chi connectivity index (χ1v) is 13.4. The van der Waals surface area contributed by atoms with Crippen LogP contribution in [0.1, 0.15) is 18.4 Å². The van der Waals surface area contributed by atoms with Crippen LogP contribution in [0.15, 0.2) is 69.3 Å². The summed E-state index contributed by atoms with van der Waals surface area (Å²) < 4.78 is 40.1. The van der Waals surface area contributed by atoms with Crippen LogP contribution in [0.5, 0.6) is 11.5 Å². The molecule has 0 aliphatic heterocycles. The number of imidazole rings is 1. The van der Waals surface area contributed by atoms with Crippen LogP contribution < -0.4 is 10.3 Å². The molecular formula is C26H23ClN4O5S. The molecule has 3 aromatic heterocycles. The zero-order valence-electron chi connectivity index (χ0n) is 20.5. The van der Waals surface area contributed by atoms with E-state index in [-0.39, 0.29) is 16.2 Å². The van der Waals surface area contributed by atoms with Gasteiger partial charge in [0.05, 0.1) is 34.6 Å².